The molecule has 4 N–H and O–H groups in total. The van der Waals surface area contributed by atoms with Crippen molar-refractivity contribution in [3.05, 3.63) is 10.4 Å². The van der Waals surface area contributed by atoms with Crippen LogP contribution in [0.2, 0.25) is 0 Å². The van der Waals surface area contributed by atoms with E-state index in [4.69, 9.17) is 37.5 Å². The third-order valence-corrected chi connectivity index (χ3v) is 6.61. The van der Waals surface area contributed by atoms with Crippen LogP contribution in [-0.2, 0) is 41.1 Å². The number of hydrogen-bond donors (Lipinski definition) is 4. The van der Waals surface area contributed by atoms with E-state index in [0.717, 1.165) is 0 Å². The zero-order valence-electron chi connectivity index (χ0n) is 13.8. The van der Waals surface area contributed by atoms with Crippen molar-refractivity contribution in [1.29, 1.82) is 0 Å². The van der Waals surface area contributed by atoms with E-state index in [0.29, 0.717) is 0 Å². The standard InChI is InChI=1S/C8H15BN3O13P3/c9-7-3-5(23-8(13)1-2-11-12-10)6(22-7)4-21-27(17,18)25-28(19,20)24-26(14,15)16/h5-7H,1-4H2,(H,17,18)(H,19,20)(H2,14,15,16)/t5-,6-,7-/m1/s1. The Morgan fingerprint density at radius 2 is 1.86 bits per heavy atom. The molecule has 158 valence electrons. The molecule has 0 aliphatic carbocycles. The van der Waals surface area contributed by atoms with Crippen LogP contribution in [0.5, 0.6) is 0 Å². The van der Waals surface area contributed by atoms with E-state index in [9.17, 15) is 23.4 Å². The third kappa shape index (κ3) is 10.1. The minimum Gasteiger partial charge on any atom is -0.459 e. The van der Waals surface area contributed by atoms with Gasteiger partial charge in [0.25, 0.3) is 0 Å². The van der Waals surface area contributed by atoms with Crippen LogP contribution in [0.4, 0.5) is 0 Å². The minimum absolute atomic E-state index is 0.0162. The Morgan fingerprint density at radius 1 is 1.21 bits per heavy atom. The summed E-state index contributed by atoms with van der Waals surface area (Å²) in [5.74, 6) is -0.779. The molecule has 2 unspecified atom stereocenters. The van der Waals surface area contributed by atoms with E-state index in [-0.39, 0.29) is 19.4 Å². The summed E-state index contributed by atoms with van der Waals surface area (Å²) >= 11 is 0. The summed E-state index contributed by atoms with van der Waals surface area (Å²) in [6, 6.07) is -0.926. The molecule has 5 atom stereocenters. The fraction of sp³-hybridized carbons (Fsp3) is 0.875. The van der Waals surface area contributed by atoms with Gasteiger partial charge in [0.1, 0.15) is 20.1 Å². The smallest absolute Gasteiger partial charge is 0.459 e. The van der Waals surface area contributed by atoms with Crippen LogP contribution in [0, 0.1) is 0 Å². The quantitative estimate of drug-likeness (QED) is 0.0798. The van der Waals surface area contributed by atoms with Crippen molar-refractivity contribution in [2.75, 3.05) is 13.2 Å². The van der Waals surface area contributed by atoms with E-state index >= 15 is 0 Å². The van der Waals surface area contributed by atoms with Gasteiger partial charge in [-0.15, -0.1) is 0 Å². The van der Waals surface area contributed by atoms with Crippen molar-refractivity contribution in [1.82, 2.24) is 0 Å². The number of nitrogens with zero attached hydrogens (tertiary/aromatic N) is 3. The van der Waals surface area contributed by atoms with E-state index in [1.807, 2.05) is 0 Å². The molecule has 1 aliphatic heterocycles. The number of azide groups is 1. The van der Waals surface area contributed by atoms with Crippen molar-refractivity contribution < 1.29 is 60.7 Å². The second kappa shape index (κ2) is 10.3. The van der Waals surface area contributed by atoms with Crippen molar-refractivity contribution in [3.63, 3.8) is 0 Å². The molecule has 2 radical (unpaired) electrons. The SMILES string of the molecule is [B][C@H]1C[C@@H](OC(=O)CCN=[N+]=[N-])[C@@H](COP(=O)(O)OP(=O)(O)OP(=O)(O)O)O1. The fourth-order valence-corrected chi connectivity index (χ4v) is 4.93. The maximum absolute atomic E-state index is 11.7. The summed E-state index contributed by atoms with van der Waals surface area (Å²) in [5.41, 5.74) is 8.13. The highest BCUT2D eigenvalue weighted by Gasteiger charge is 2.43. The summed E-state index contributed by atoms with van der Waals surface area (Å²) < 4.78 is 55.1. The molecule has 0 aromatic rings. The molecular weight excluding hydrogens is 450 g/mol. The second-order valence-corrected chi connectivity index (χ2v) is 9.49. The number of ether oxygens (including phenoxy) is 2. The molecule has 0 saturated carbocycles. The Kier molecular flexibility index (Phi) is 9.29. The molecule has 0 aromatic carbocycles. The van der Waals surface area contributed by atoms with E-state index in [2.05, 4.69) is 23.2 Å². The Morgan fingerprint density at radius 3 is 2.43 bits per heavy atom. The van der Waals surface area contributed by atoms with Crippen LogP contribution in [0.1, 0.15) is 12.8 Å². The molecule has 1 fully saturated rings. The number of rotatable bonds is 11. The van der Waals surface area contributed by atoms with Gasteiger partial charge in [0.2, 0.25) is 0 Å². The Balaban J connectivity index is 2.63. The maximum Gasteiger partial charge on any atom is 0.490 e. The summed E-state index contributed by atoms with van der Waals surface area (Å²) in [4.78, 5) is 49.4. The normalized spacial score (nSPS) is 26.6. The van der Waals surface area contributed by atoms with E-state index in [1.165, 1.54) is 0 Å². The average Bonchev–Trinajstić information content (AvgIpc) is 2.81. The van der Waals surface area contributed by atoms with Crippen molar-refractivity contribution in [2.24, 2.45) is 5.11 Å². The van der Waals surface area contributed by atoms with Gasteiger partial charge in [0.05, 0.1) is 13.0 Å². The summed E-state index contributed by atoms with van der Waals surface area (Å²) in [7, 11) is -11.0. The molecule has 20 heteroatoms. The summed E-state index contributed by atoms with van der Waals surface area (Å²) in [5, 5.41) is 3.14. The monoisotopic (exact) mass is 465 g/mol. The molecule has 1 rings (SSSR count). The first kappa shape index (κ1) is 25.3. The Labute approximate surface area is 158 Å². The first-order valence-corrected chi connectivity index (χ1v) is 11.6. The van der Waals surface area contributed by atoms with Gasteiger partial charge in [-0.1, -0.05) is 5.11 Å². The van der Waals surface area contributed by atoms with Crippen molar-refractivity contribution >= 4 is 37.3 Å². The zero-order valence-corrected chi connectivity index (χ0v) is 16.5. The van der Waals surface area contributed by atoms with Gasteiger partial charge in [-0.2, -0.15) is 8.62 Å². The van der Waals surface area contributed by atoms with Crippen LogP contribution < -0.4 is 0 Å². The van der Waals surface area contributed by atoms with Gasteiger partial charge in [0.15, 0.2) is 0 Å². The van der Waals surface area contributed by atoms with Gasteiger partial charge in [0, 0.05) is 23.9 Å². The molecular formula is C8H15BN3O13P3. The van der Waals surface area contributed by atoms with Crippen LogP contribution in [0.3, 0.4) is 0 Å². The lowest BCUT2D eigenvalue weighted by Crippen LogP contribution is -2.31. The largest absolute Gasteiger partial charge is 0.490 e. The lowest BCUT2D eigenvalue weighted by molar-refractivity contribution is -0.152. The van der Waals surface area contributed by atoms with Crippen LogP contribution >= 0.6 is 23.5 Å². The lowest BCUT2D eigenvalue weighted by atomic mass is 9.96. The number of phosphoric acid groups is 3. The highest BCUT2D eigenvalue weighted by atomic mass is 31.3. The maximum atomic E-state index is 11.7. The first-order valence-electron chi connectivity index (χ1n) is 7.13. The second-order valence-electron chi connectivity index (χ2n) is 5.07. The van der Waals surface area contributed by atoms with Gasteiger partial charge in [-0.05, 0) is 5.53 Å². The molecule has 16 nitrogen and oxygen atoms in total. The number of esters is 1. The molecule has 1 aliphatic rings. The fourth-order valence-electron chi connectivity index (χ4n) is 1.90. The van der Waals surface area contributed by atoms with Gasteiger partial charge < -0.3 is 29.0 Å². The van der Waals surface area contributed by atoms with Crippen molar-refractivity contribution in [2.45, 2.75) is 31.1 Å². The molecule has 1 saturated heterocycles. The van der Waals surface area contributed by atoms with Crippen LogP contribution in [0.15, 0.2) is 5.11 Å². The highest BCUT2D eigenvalue weighted by molar-refractivity contribution is 7.66. The van der Waals surface area contributed by atoms with Gasteiger partial charge >= 0.3 is 29.4 Å². The molecule has 0 bridgehead atoms. The number of carbonyl (C=O) groups is 1. The predicted molar refractivity (Wildman–Crippen MR) is 87.4 cm³/mol. The number of carbonyl (C=O) groups excluding carboxylic acids is 1. The zero-order chi connectivity index (χ0) is 21.6. The average molecular weight is 465 g/mol. The molecule has 1 heterocycles. The topological polar surface area (TPSA) is 244 Å². The minimum atomic E-state index is -5.65. The molecule has 0 aromatic heterocycles. The van der Waals surface area contributed by atoms with E-state index in [1.54, 1.807) is 0 Å². The van der Waals surface area contributed by atoms with Gasteiger partial charge in [-0.3, -0.25) is 9.32 Å². The molecule has 0 spiro atoms. The molecule has 0 amide bonds. The third-order valence-electron chi connectivity index (χ3n) is 2.81. The number of phosphoric ester groups is 1. The Bertz CT molecular complexity index is 753. The summed E-state index contributed by atoms with van der Waals surface area (Å²) in [6.45, 7) is -0.979. The van der Waals surface area contributed by atoms with Crippen LogP contribution in [-0.4, -0.2) is 64.8 Å². The Hall–Kier alpha value is -0.785. The van der Waals surface area contributed by atoms with Crippen molar-refractivity contribution in [3.8, 4) is 0 Å². The number of hydrogen-bond acceptors (Lipinski definition) is 10. The lowest BCUT2D eigenvalue weighted by Gasteiger charge is -2.21. The molecule has 28 heavy (non-hydrogen) atoms. The van der Waals surface area contributed by atoms with Crippen LogP contribution in [0.25, 0.3) is 10.4 Å². The predicted octanol–water partition coefficient (Wildman–Crippen LogP) is 0.225. The van der Waals surface area contributed by atoms with Gasteiger partial charge in [-0.25, -0.2) is 13.7 Å². The highest BCUT2D eigenvalue weighted by Crippen LogP contribution is 2.66. The summed E-state index contributed by atoms with van der Waals surface area (Å²) in [6.07, 6.45) is -2.47. The van der Waals surface area contributed by atoms with E-state index < -0.39 is 54.3 Å². The first-order chi connectivity index (χ1) is 12.7.